The minimum Gasteiger partial charge on any atom is -0.354 e. The molecule has 0 aliphatic rings. The molecule has 136 valence electrons. The molecule has 2 aromatic heterocycles. The molecule has 0 saturated carbocycles. The van der Waals surface area contributed by atoms with Crippen molar-refractivity contribution in [2.75, 3.05) is 0 Å². The first-order chi connectivity index (χ1) is 12.6. The van der Waals surface area contributed by atoms with E-state index in [0.29, 0.717) is 19.3 Å². The van der Waals surface area contributed by atoms with Gasteiger partial charge in [-0.3, -0.25) is 9.78 Å². The topological polar surface area (TPSA) is 57.8 Å². The zero-order valence-corrected chi connectivity index (χ0v) is 15.2. The summed E-state index contributed by atoms with van der Waals surface area (Å²) in [5.74, 6) is -0.204. The normalized spacial score (nSPS) is 12.3. The van der Waals surface area contributed by atoms with Crippen molar-refractivity contribution >= 4 is 16.8 Å². The van der Waals surface area contributed by atoms with Gasteiger partial charge in [0.1, 0.15) is 5.82 Å². The van der Waals surface area contributed by atoms with Crippen LogP contribution in [-0.4, -0.2) is 21.9 Å². The van der Waals surface area contributed by atoms with Gasteiger partial charge in [0, 0.05) is 29.6 Å². The number of fused-ring (bicyclic) bond motifs is 1. The molecule has 5 heteroatoms. The Bertz CT molecular complexity index is 889. The van der Waals surface area contributed by atoms with E-state index in [2.05, 4.69) is 15.3 Å². The molecule has 1 unspecified atom stereocenters. The third kappa shape index (κ3) is 4.10. The van der Waals surface area contributed by atoms with Crippen molar-refractivity contribution in [1.82, 2.24) is 15.3 Å². The summed E-state index contributed by atoms with van der Waals surface area (Å²) in [5, 5.41) is 3.84. The van der Waals surface area contributed by atoms with Gasteiger partial charge in [-0.1, -0.05) is 13.0 Å². The molecule has 0 spiro atoms. The lowest BCUT2D eigenvalue weighted by Crippen LogP contribution is -2.31. The maximum atomic E-state index is 13.8. The lowest BCUT2D eigenvalue weighted by atomic mass is 10.0. The number of aromatic nitrogens is 2. The van der Waals surface area contributed by atoms with Crippen LogP contribution in [0, 0.1) is 5.82 Å². The fourth-order valence-electron chi connectivity index (χ4n) is 3.08. The maximum Gasteiger partial charge on any atom is 0.220 e. The van der Waals surface area contributed by atoms with E-state index in [4.69, 9.17) is 0 Å². The zero-order valence-electron chi connectivity index (χ0n) is 15.2. The molecular weight excluding hydrogens is 329 g/mol. The smallest absolute Gasteiger partial charge is 0.220 e. The van der Waals surface area contributed by atoms with Gasteiger partial charge >= 0.3 is 0 Å². The highest BCUT2D eigenvalue weighted by molar-refractivity contribution is 5.90. The Morgan fingerprint density at radius 2 is 2.15 bits per heavy atom. The Balaban J connectivity index is 1.84. The number of aryl methyl sites for hydroxylation is 1. The van der Waals surface area contributed by atoms with Crippen molar-refractivity contribution in [1.29, 1.82) is 0 Å². The number of H-pyrrole nitrogens is 1. The number of pyridine rings is 1. The molecule has 26 heavy (non-hydrogen) atoms. The molecule has 0 radical (unpaired) electrons. The molecule has 0 aliphatic heterocycles. The Hall–Kier alpha value is -2.69. The summed E-state index contributed by atoms with van der Waals surface area (Å²) in [5.41, 5.74) is 3.61. The molecule has 1 atom stereocenters. The second-order valence-corrected chi connectivity index (χ2v) is 6.61. The van der Waals surface area contributed by atoms with Crippen LogP contribution in [0.2, 0.25) is 0 Å². The zero-order chi connectivity index (χ0) is 18.5. The van der Waals surface area contributed by atoms with E-state index in [9.17, 15) is 9.18 Å². The van der Waals surface area contributed by atoms with E-state index < -0.39 is 0 Å². The Morgan fingerprint density at radius 1 is 1.31 bits per heavy atom. The summed E-state index contributed by atoms with van der Waals surface area (Å²) in [6, 6.07) is 10.7. The van der Waals surface area contributed by atoms with Crippen LogP contribution in [0.4, 0.5) is 4.39 Å². The highest BCUT2D eigenvalue weighted by Crippen LogP contribution is 2.31. The van der Waals surface area contributed by atoms with Crippen molar-refractivity contribution in [2.24, 2.45) is 0 Å². The number of carbonyl (C=O) groups is 1. The van der Waals surface area contributed by atoms with Gasteiger partial charge in [-0.2, -0.15) is 0 Å². The van der Waals surface area contributed by atoms with Crippen molar-refractivity contribution in [3.63, 3.8) is 0 Å². The molecule has 1 amide bonds. The summed E-state index contributed by atoms with van der Waals surface area (Å²) in [6.07, 6.45) is 4.49. The molecule has 1 aromatic carbocycles. The van der Waals surface area contributed by atoms with Crippen molar-refractivity contribution in [2.45, 2.75) is 45.6 Å². The van der Waals surface area contributed by atoms with Crippen molar-refractivity contribution < 1.29 is 9.18 Å². The molecule has 0 aliphatic carbocycles. The van der Waals surface area contributed by atoms with Crippen molar-refractivity contribution in [3.05, 3.63) is 54.0 Å². The van der Waals surface area contributed by atoms with Gasteiger partial charge in [-0.05, 0) is 62.1 Å². The first-order valence-electron chi connectivity index (χ1n) is 9.09. The molecule has 3 aromatic rings. The van der Waals surface area contributed by atoms with Gasteiger partial charge in [-0.15, -0.1) is 0 Å². The summed E-state index contributed by atoms with van der Waals surface area (Å²) >= 11 is 0. The lowest BCUT2D eigenvalue weighted by molar-refractivity contribution is -0.121. The molecule has 0 saturated heterocycles. The Kier molecular flexibility index (Phi) is 5.66. The van der Waals surface area contributed by atoms with Crippen LogP contribution in [-0.2, 0) is 11.2 Å². The van der Waals surface area contributed by atoms with Gasteiger partial charge in [0.05, 0.1) is 11.4 Å². The van der Waals surface area contributed by atoms with Gasteiger partial charge in [-0.25, -0.2) is 4.39 Å². The first kappa shape index (κ1) is 18.1. The van der Waals surface area contributed by atoms with E-state index in [1.165, 1.54) is 6.07 Å². The van der Waals surface area contributed by atoms with Gasteiger partial charge < -0.3 is 10.3 Å². The highest BCUT2D eigenvalue weighted by Gasteiger charge is 2.15. The van der Waals surface area contributed by atoms with Crippen LogP contribution in [0.25, 0.3) is 22.3 Å². The molecule has 4 nitrogen and oxygen atoms in total. The number of nitrogens with one attached hydrogen (secondary N) is 2. The van der Waals surface area contributed by atoms with E-state index in [-0.39, 0.29) is 17.8 Å². The number of nitrogens with zero attached hydrogens (tertiary/aromatic N) is 1. The number of halogens is 1. The first-order valence-corrected chi connectivity index (χ1v) is 9.09. The summed E-state index contributed by atoms with van der Waals surface area (Å²) in [7, 11) is 0. The van der Waals surface area contributed by atoms with E-state index in [1.54, 1.807) is 18.3 Å². The van der Waals surface area contributed by atoms with E-state index in [0.717, 1.165) is 34.3 Å². The number of hydrogen-bond acceptors (Lipinski definition) is 2. The third-order valence-corrected chi connectivity index (χ3v) is 4.64. The molecule has 0 bridgehead atoms. The van der Waals surface area contributed by atoms with Crippen LogP contribution in [0.1, 0.15) is 38.7 Å². The predicted molar refractivity (Wildman–Crippen MR) is 102 cm³/mol. The third-order valence-electron chi connectivity index (χ3n) is 4.64. The molecule has 3 rings (SSSR count). The van der Waals surface area contributed by atoms with Crippen LogP contribution >= 0.6 is 0 Å². The quantitative estimate of drug-likeness (QED) is 0.652. The van der Waals surface area contributed by atoms with Crippen LogP contribution in [0.3, 0.4) is 0 Å². The number of rotatable bonds is 7. The fourth-order valence-corrected chi connectivity index (χ4v) is 3.08. The average molecular weight is 353 g/mol. The lowest BCUT2D eigenvalue weighted by Gasteiger charge is -2.11. The second kappa shape index (κ2) is 8.13. The standard InChI is InChI=1S/C21H24FN3O/c1-3-14(2)24-20(26)9-6-7-16-17-13-15(22)10-11-18(17)25-21(16)19-8-4-5-12-23-19/h4-5,8,10-14,25H,3,6-7,9H2,1-2H3,(H,24,26). The minimum atomic E-state index is -0.264. The highest BCUT2D eigenvalue weighted by atomic mass is 19.1. The summed E-state index contributed by atoms with van der Waals surface area (Å²) in [6.45, 7) is 4.05. The SMILES string of the molecule is CCC(C)NC(=O)CCCc1c(-c2ccccn2)[nH]c2ccc(F)cc12. The number of carbonyl (C=O) groups excluding carboxylic acids is 1. The van der Waals surface area contributed by atoms with Gasteiger partial charge in [0.25, 0.3) is 0 Å². The monoisotopic (exact) mass is 353 g/mol. The van der Waals surface area contributed by atoms with Crippen LogP contribution < -0.4 is 5.32 Å². The minimum absolute atomic E-state index is 0.0600. The largest absolute Gasteiger partial charge is 0.354 e. The molecule has 0 fully saturated rings. The maximum absolute atomic E-state index is 13.8. The van der Waals surface area contributed by atoms with Crippen LogP contribution in [0.5, 0.6) is 0 Å². The fraction of sp³-hybridized carbons (Fsp3) is 0.333. The predicted octanol–water partition coefficient (Wildman–Crippen LogP) is 4.61. The molecule has 2 heterocycles. The number of amides is 1. The number of aromatic amines is 1. The Morgan fingerprint density at radius 3 is 2.88 bits per heavy atom. The van der Waals surface area contributed by atoms with Crippen molar-refractivity contribution in [3.8, 4) is 11.4 Å². The molecular formula is C21H24FN3O. The van der Waals surface area contributed by atoms with Gasteiger partial charge in [0.2, 0.25) is 5.91 Å². The average Bonchev–Trinajstić information content (AvgIpc) is 3.00. The summed E-state index contributed by atoms with van der Waals surface area (Å²) in [4.78, 5) is 19.8. The Labute approximate surface area is 152 Å². The number of hydrogen-bond donors (Lipinski definition) is 2. The van der Waals surface area contributed by atoms with E-state index in [1.807, 2.05) is 32.0 Å². The number of benzene rings is 1. The van der Waals surface area contributed by atoms with Crippen LogP contribution in [0.15, 0.2) is 42.6 Å². The molecule has 2 N–H and O–H groups in total. The van der Waals surface area contributed by atoms with Gasteiger partial charge in [0.15, 0.2) is 0 Å². The van der Waals surface area contributed by atoms with E-state index >= 15 is 0 Å². The second-order valence-electron chi connectivity index (χ2n) is 6.61. The summed E-state index contributed by atoms with van der Waals surface area (Å²) < 4.78 is 13.8.